The van der Waals surface area contributed by atoms with Gasteiger partial charge in [0.1, 0.15) is 12.1 Å². The Morgan fingerprint density at radius 3 is 2.96 bits per heavy atom. The van der Waals surface area contributed by atoms with Crippen LogP contribution in [0.25, 0.3) is 0 Å². The lowest BCUT2D eigenvalue weighted by molar-refractivity contribution is 0.131. The number of piperidine rings is 1. The largest absolute Gasteiger partial charge is 0.496 e. The summed E-state index contributed by atoms with van der Waals surface area (Å²) in [6.07, 6.45) is 5.89. The Balaban J connectivity index is 1.67. The summed E-state index contributed by atoms with van der Waals surface area (Å²) in [6.45, 7) is 6.44. The van der Waals surface area contributed by atoms with Crippen LogP contribution in [0, 0.1) is 0 Å². The highest BCUT2D eigenvalue weighted by Crippen LogP contribution is 2.27. The molecule has 0 radical (unpaired) electrons. The molecule has 5 heteroatoms. The van der Waals surface area contributed by atoms with Gasteiger partial charge < -0.3 is 9.47 Å². The minimum atomic E-state index is 0.498. The number of nitrogens with zero attached hydrogens (tertiary/aromatic N) is 3. The Labute approximate surface area is 150 Å². The number of hydrogen-bond acceptors (Lipinski definition) is 5. The van der Waals surface area contributed by atoms with Gasteiger partial charge in [-0.05, 0) is 50.1 Å². The quantitative estimate of drug-likeness (QED) is 0.772. The fourth-order valence-electron chi connectivity index (χ4n) is 3.50. The van der Waals surface area contributed by atoms with Crippen molar-refractivity contribution < 1.29 is 9.47 Å². The van der Waals surface area contributed by atoms with Crippen LogP contribution in [-0.4, -0.2) is 41.7 Å². The van der Waals surface area contributed by atoms with Gasteiger partial charge in [-0.15, -0.1) is 0 Å². The first-order chi connectivity index (χ1) is 12.3. The summed E-state index contributed by atoms with van der Waals surface area (Å²) < 4.78 is 11.0. The number of aromatic nitrogens is 2. The fraction of sp³-hybridized carbons (Fsp3) is 0.500. The van der Waals surface area contributed by atoms with Gasteiger partial charge in [-0.3, -0.25) is 4.90 Å². The molecule has 134 valence electrons. The summed E-state index contributed by atoms with van der Waals surface area (Å²) >= 11 is 0. The van der Waals surface area contributed by atoms with Crippen molar-refractivity contribution in [3.63, 3.8) is 0 Å². The molecule has 2 aromatic rings. The summed E-state index contributed by atoms with van der Waals surface area (Å²) in [5.74, 6) is 1.40. The topological polar surface area (TPSA) is 47.5 Å². The number of methoxy groups -OCH3 is 1. The van der Waals surface area contributed by atoms with Crippen LogP contribution in [0.15, 0.2) is 36.8 Å². The molecule has 5 nitrogen and oxygen atoms in total. The standard InChI is InChI=1S/C20H27N3O2/c1-3-25-14-18-11-16(6-7-20(18)24-2)12-23-10-4-5-17(13-23)19-8-9-21-15-22-19/h6-9,11,15,17H,3-5,10,12-14H2,1-2H3/t17-/m1/s1. The Morgan fingerprint density at radius 1 is 1.28 bits per heavy atom. The molecule has 0 spiro atoms. The molecule has 0 bridgehead atoms. The zero-order valence-electron chi connectivity index (χ0n) is 15.1. The fourth-order valence-corrected chi connectivity index (χ4v) is 3.50. The minimum Gasteiger partial charge on any atom is -0.496 e. The Morgan fingerprint density at radius 2 is 2.20 bits per heavy atom. The molecule has 3 rings (SSSR count). The van der Waals surface area contributed by atoms with E-state index in [1.165, 1.54) is 18.4 Å². The SMILES string of the molecule is CCOCc1cc(CN2CCC[C@@H](c3ccncn3)C2)ccc1OC. The lowest BCUT2D eigenvalue weighted by Crippen LogP contribution is -2.34. The van der Waals surface area contributed by atoms with E-state index in [1.807, 2.05) is 19.2 Å². The molecule has 1 aromatic carbocycles. The normalized spacial score (nSPS) is 18.2. The van der Waals surface area contributed by atoms with Gasteiger partial charge >= 0.3 is 0 Å². The molecule has 1 aliphatic rings. The molecule has 2 heterocycles. The first kappa shape index (κ1) is 17.8. The molecule has 0 aliphatic carbocycles. The highest BCUT2D eigenvalue weighted by molar-refractivity contribution is 5.37. The van der Waals surface area contributed by atoms with E-state index in [0.29, 0.717) is 19.1 Å². The van der Waals surface area contributed by atoms with E-state index in [-0.39, 0.29) is 0 Å². The van der Waals surface area contributed by atoms with Gasteiger partial charge in [0.15, 0.2) is 0 Å². The molecule has 25 heavy (non-hydrogen) atoms. The smallest absolute Gasteiger partial charge is 0.124 e. The molecule has 0 saturated carbocycles. The van der Waals surface area contributed by atoms with Crippen molar-refractivity contribution in [2.75, 3.05) is 26.8 Å². The molecule has 0 amide bonds. The van der Waals surface area contributed by atoms with Gasteiger partial charge in [0, 0.05) is 43.1 Å². The van der Waals surface area contributed by atoms with Crippen LogP contribution in [0.1, 0.15) is 42.5 Å². The first-order valence-corrected chi connectivity index (χ1v) is 9.02. The van der Waals surface area contributed by atoms with Crippen molar-refractivity contribution >= 4 is 0 Å². The maximum Gasteiger partial charge on any atom is 0.124 e. The van der Waals surface area contributed by atoms with Crippen LogP contribution >= 0.6 is 0 Å². The van der Waals surface area contributed by atoms with Crippen molar-refractivity contribution in [2.45, 2.75) is 38.8 Å². The van der Waals surface area contributed by atoms with Gasteiger partial charge in [-0.25, -0.2) is 9.97 Å². The van der Waals surface area contributed by atoms with E-state index in [1.54, 1.807) is 13.4 Å². The van der Waals surface area contributed by atoms with Crippen LogP contribution in [0.4, 0.5) is 0 Å². The second-order valence-corrected chi connectivity index (χ2v) is 6.49. The molecule has 1 atom stereocenters. The number of benzene rings is 1. The van der Waals surface area contributed by atoms with Crippen LogP contribution in [-0.2, 0) is 17.9 Å². The van der Waals surface area contributed by atoms with E-state index in [0.717, 1.165) is 36.6 Å². The maximum absolute atomic E-state index is 5.57. The third-order valence-corrected chi connectivity index (χ3v) is 4.74. The molecule has 1 saturated heterocycles. The van der Waals surface area contributed by atoms with E-state index < -0.39 is 0 Å². The average Bonchev–Trinajstić information content (AvgIpc) is 2.67. The molecular formula is C20H27N3O2. The highest BCUT2D eigenvalue weighted by atomic mass is 16.5. The van der Waals surface area contributed by atoms with Gasteiger partial charge in [-0.2, -0.15) is 0 Å². The van der Waals surface area contributed by atoms with E-state index in [9.17, 15) is 0 Å². The first-order valence-electron chi connectivity index (χ1n) is 9.02. The molecular weight excluding hydrogens is 314 g/mol. The zero-order chi connectivity index (χ0) is 17.5. The predicted octanol–water partition coefficient (Wildman–Crippen LogP) is 3.40. The Hall–Kier alpha value is -1.98. The minimum absolute atomic E-state index is 0.498. The van der Waals surface area contributed by atoms with E-state index in [2.05, 4.69) is 33.1 Å². The molecule has 0 N–H and O–H groups in total. The number of ether oxygens (including phenoxy) is 2. The molecule has 0 unspecified atom stereocenters. The summed E-state index contributed by atoms with van der Waals surface area (Å²) in [5, 5.41) is 0. The van der Waals surface area contributed by atoms with Crippen molar-refractivity contribution in [2.24, 2.45) is 0 Å². The Bertz CT molecular complexity index is 663. The highest BCUT2D eigenvalue weighted by Gasteiger charge is 2.22. The van der Waals surface area contributed by atoms with Crippen molar-refractivity contribution in [3.05, 3.63) is 53.6 Å². The lowest BCUT2D eigenvalue weighted by atomic mass is 9.94. The lowest BCUT2D eigenvalue weighted by Gasteiger charge is -2.32. The number of hydrogen-bond donors (Lipinski definition) is 0. The van der Waals surface area contributed by atoms with E-state index >= 15 is 0 Å². The van der Waals surface area contributed by atoms with Gasteiger partial charge in [-0.1, -0.05) is 6.07 Å². The summed E-state index contributed by atoms with van der Waals surface area (Å²) in [6, 6.07) is 8.46. The summed E-state index contributed by atoms with van der Waals surface area (Å²) in [5.41, 5.74) is 3.58. The van der Waals surface area contributed by atoms with Gasteiger partial charge in [0.2, 0.25) is 0 Å². The monoisotopic (exact) mass is 341 g/mol. The summed E-state index contributed by atoms with van der Waals surface area (Å²) in [7, 11) is 1.71. The second-order valence-electron chi connectivity index (χ2n) is 6.49. The van der Waals surface area contributed by atoms with Crippen LogP contribution < -0.4 is 4.74 Å². The van der Waals surface area contributed by atoms with Crippen LogP contribution in [0.2, 0.25) is 0 Å². The van der Waals surface area contributed by atoms with Gasteiger partial charge in [0.05, 0.1) is 13.7 Å². The van der Waals surface area contributed by atoms with Crippen molar-refractivity contribution in [3.8, 4) is 5.75 Å². The van der Waals surface area contributed by atoms with Crippen molar-refractivity contribution in [1.82, 2.24) is 14.9 Å². The molecule has 1 aliphatic heterocycles. The average molecular weight is 341 g/mol. The predicted molar refractivity (Wildman–Crippen MR) is 97.6 cm³/mol. The maximum atomic E-state index is 5.57. The number of rotatable bonds is 7. The van der Waals surface area contributed by atoms with Crippen LogP contribution in [0.5, 0.6) is 5.75 Å². The van der Waals surface area contributed by atoms with E-state index in [4.69, 9.17) is 9.47 Å². The number of likely N-dealkylation sites (tertiary alicyclic amines) is 1. The molecule has 1 aromatic heterocycles. The third kappa shape index (κ3) is 4.77. The zero-order valence-corrected chi connectivity index (χ0v) is 15.1. The van der Waals surface area contributed by atoms with Crippen LogP contribution in [0.3, 0.4) is 0 Å². The second kappa shape index (κ2) is 8.92. The van der Waals surface area contributed by atoms with Gasteiger partial charge in [0.25, 0.3) is 0 Å². The summed E-state index contributed by atoms with van der Waals surface area (Å²) in [4.78, 5) is 11.0. The molecule has 1 fully saturated rings. The van der Waals surface area contributed by atoms with Crippen molar-refractivity contribution in [1.29, 1.82) is 0 Å². The Kier molecular flexibility index (Phi) is 6.36. The third-order valence-electron chi connectivity index (χ3n) is 4.74.